The van der Waals surface area contributed by atoms with Crippen LogP contribution in [0.15, 0.2) is 53.6 Å². The third kappa shape index (κ3) is 4.21. The lowest BCUT2D eigenvalue weighted by Crippen LogP contribution is -2.24. The van der Waals surface area contributed by atoms with Gasteiger partial charge in [-0.15, -0.1) is 0 Å². The maximum absolute atomic E-state index is 12.0. The summed E-state index contributed by atoms with van der Waals surface area (Å²) in [6.07, 6.45) is 1.59. The van der Waals surface area contributed by atoms with Gasteiger partial charge in [0.25, 0.3) is 5.91 Å². The molecule has 8 heteroatoms. The average molecular weight is 416 g/mol. The molecule has 1 aromatic heterocycles. The summed E-state index contributed by atoms with van der Waals surface area (Å²) in [5.74, 6) is 1.38. The van der Waals surface area contributed by atoms with Crippen LogP contribution in [-0.2, 0) is 4.79 Å². The van der Waals surface area contributed by atoms with E-state index in [0.717, 1.165) is 28.4 Å². The zero-order chi connectivity index (χ0) is 21.8. The molecule has 0 fully saturated rings. The molecule has 2 aromatic carbocycles. The second-order valence-electron chi connectivity index (χ2n) is 6.89. The molecular formula is C23H20N4O4. The van der Waals surface area contributed by atoms with Gasteiger partial charge in [0.1, 0.15) is 11.8 Å². The van der Waals surface area contributed by atoms with Crippen LogP contribution < -0.4 is 19.6 Å². The van der Waals surface area contributed by atoms with Crippen molar-refractivity contribution in [3.63, 3.8) is 0 Å². The van der Waals surface area contributed by atoms with Crippen molar-refractivity contribution < 1.29 is 19.0 Å². The maximum Gasteiger partial charge on any atom is 0.277 e. The van der Waals surface area contributed by atoms with Crippen molar-refractivity contribution in [1.82, 2.24) is 9.99 Å². The van der Waals surface area contributed by atoms with Gasteiger partial charge in [0.05, 0.1) is 11.8 Å². The number of nitriles is 1. The molecule has 0 radical (unpaired) electrons. The third-order valence-electron chi connectivity index (χ3n) is 4.84. The van der Waals surface area contributed by atoms with E-state index in [1.54, 1.807) is 30.5 Å². The predicted molar refractivity (Wildman–Crippen MR) is 114 cm³/mol. The van der Waals surface area contributed by atoms with E-state index in [-0.39, 0.29) is 13.4 Å². The molecule has 2 heterocycles. The second-order valence-corrected chi connectivity index (χ2v) is 6.89. The Kier molecular flexibility index (Phi) is 5.58. The Morgan fingerprint density at radius 3 is 2.87 bits per heavy atom. The summed E-state index contributed by atoms with van der Waals surface area (Å²) in [7, 11) is 0. The van der Waals surface area contributed by atoms with E-state index < -0.39 is 5.91 Å². The number of benzene rings is 2. The van der Waals surface area contributed by atoms with Gasteiger partial charge in [-0.25, -0.2) is 5.43 Å². The summed E-state index contributed by atoms with van der Waals surface area (Å²) in [5.41, 5.74) is 6.61. The van der Waals surface area contributed by atoms with Crippen molar-refractivity contribution in [2.45, 2.75) is 13.8 Å². The topological polar surface area (TPSA) is 97.9 Å². The third-order valence-corrected chi connectivity index (χ3v) is 4.84. The molecule has 0 unspecified atom stereocenters. The van der Waals surface area contributed by atoms with E-state index in [0.29, 0.717) is 17.1 Å². The van der Waals surface area contributed by atoms with Crippen molar-refractivity contribution in [3.8, 4) is 29.0 Å². The summed E-state index contributed by atoms with van der Waals surface area (Å²) >= 11 is 0. The number of nitrogens with one attached hydrogen (secondary N) is 1. The number of ether oxygens (including phenoxy) is 3. The molecular weight excluding hydrogens is 396 g/mol. The highest BCUT2D eigenvalue weighted by Crippen LogP contribution is 2.34. The van der Waals surface area contributed by atoms with E-state index in [9.17, 15) is 4.79 Å². The van der Waals surface area contributed by atoms with Crippen molar-refractivity contribution in [2.24, 2.45) is 5.10 Å². The van der Waals surface area contributed by atoms with Crippen LogP contribution in [0.2, 0.25) is 0 Å². The molecule has 4 rings (SSSR count). The molecule has 1 aliphatic heterocycles. The molecule has 0 spiro atoms. The molecule has 156 valence electrons. The quantitative estimate of drug-likeness (QED) is 0.491. The SMILES string of the molecule is Cc1cc(/C=N\NC(=O)COc2ccccc2C#N)c(C)n1-c1ccc2c(c1)OCO2. The Hall–Kier alpha value is -4.25. The van der Waals surface area contributed by atoms with Crippen molar-refractivity contribution in [3.05, 3.63) is 71.0 Å². The number of aryl methyl sites for hydroxylation is 1. The molecule has 0 bridgehead atoms. The molecule has 1 amide bonds. The lowest BCUT2D eigenvalue weighted by atomic mass is 10.2. The first-order valence-corrected chi connectivity index (χ1v) is 9.59. The number of rotatable bonds is 6. The molecule has 3 aromatic rings. The normalized spacial score (nSPS) is 12.0. The molecule has 0 saturated heterocycles. The number of para-hydroxylation sites is 1. The highest BCUT2D eigenvalue weighted by Gasteiger charge is 2.16. The number of hydrogen-bond donors (Lipinski definition) is 1. The second kappa shape index (κ2) is 8.63. The number of carbonyl (C=O) groups is 1. The predicted octanol–water partition coefficient (Wildman–Crippen LogP) is 3.22. The minimum Gasteiger partial charge on any atom is -0.482 e. The van der Waals surface area contributed by atoms with E-state index in [1.807, 2.05) is 44.2 Å². The maximum atomic E-state index is 12.0. The number of aromatic nitrogens is 1. The first-order valence-electron chi connectivity index (χ1n) is 9.59. The Morgan fingerprint density at radius 2 is 2.03 bits per heavy atom. The van der Waals surface area contributed by atoms with Gasteiger partial charge in [0.2, 0.25) is 6.79 Å². The van der Waals surface area contributed by atoms with Gasteiger partial charge in [0, 0.05) is 28.7 Å². The largest absolute Gasteiger partial charge is 0.482 e. The Morgan fingerprint density at radius 1 is 1.23 bits per heavy atom. The monoisotopic (exact) mass is 416 g/mol. The van der Waals surface area contributed by atoms with Crippen LogP contribution >= 0.6 is 0 Å². The van der Waals surface area contributed by atoms with Crippen molar-refractivity contribution in [1.29, 1.82) is 5.26 Å². The van der Waals surface area contributed by atoms with E-state index in [4.69, 9.17) is 19.5 Å². The number of hydrazone groups is 1. The van der Waals surface area contributed by atoms with Gasteiger partial charge in [-0.1, -0.05) is 12.1 Å². The smallest absolute Gasteiger partial charge is 0.277 e. The average Bonchev–Trinajstić information content (AvgIpc) is 3.35. The van der Waals surface area contributed by atoms with Gasteiger partial charge in [-0.05, 0) is 44.2 Å². The van der Waals surface area contributed by atoms with Gasteiger partial charge in [-0.2, -0.15) is 10.4 Å². The number of nitrogens with zero attached hydrogens (tertiary/aromatic N) is 3. The molecule has 0 saturated carbocycles. The number of amides is 1. The fourth-order valence-electron chi connectivity index (χ4n) is 3.37. The summed E-state index contributed by atoms with van der Waals surface area (Å²) in [5, 5.41) is 13.1. The van der Waals surface area contributed by atoms with Crippen LogP contribution in [-0.4, -0.2) is 30.1 Å². The Balaban J connectivity index is 1.41. The molecule has 1 aliphatic rings. The highest BCUT2D eigenvalue weighted by atomic mass is 16.7. The minimum absolute atomic E-state index is 0.228. The van der Waals surface area contributed by atoms with Crippen LogP contribution in [0.4, 0.5) is 0 Å². The Bertz CT molecular complexity index is 1210. The number of fused-ring (bicyclic) bond motifs is 1. The fraction of sp³-hybridized carbons (Fsp3) is 0.174. The van der Waals surface area contributed by atoms with Gasteiger partial charge in [-0.3, -0.25) is 4.79 Å². The van der Waals surface area contributed by atoms with E-state index >= 15 is 0 Å². The van der Waals surface area contributed by atoms with E-state index in [1.165, 1.54) is 0 Å². The van der Waals surface area contributed by atoms with Crippen molar-refractivity contribution in [2.75, 3.05) is 13.4 Å². The molecule has 0 aliphatic carbocycles. The first kappa shape index (κ1) is 20.0. The zero-order valence-electron chi connectivity index (χ0n) is 17.1. The summed E-state index contributed by atoms with van der Waals surface area (Å²) in [6, 6.07) is 16.5. The van der Waals surface area contributed by atoms with Crippen LogP contribution in [0.3, 0.4) is 0 Å². The lowest BCUT2D eigenvalue weighted by Gasteiger charge is -2.10. The summed E-state index contributed by atoms with van der Waals surface area (Å²) in [4.78, 5) is 12.0. The molecule has 0 atom stereocenters. The highest BCUT2D eigenvalue weighted by molar-refractivity contribution is 5.84. The standard InChI is InChI=1S/C23H20N4O4/c1-15-9-18(16(2)27(15)19-7-8-21-22(10-19)31-14-30-21)12-25-26-23(28)13-29-20-6-4-3-5-17(20)11-24/h3-10,12H,13-14H2,1-2H3,(H,26,28)/b25-12-. The van der Waals surface area contributed by atoms with Crippen LogP contribution in [0.25, 0.3) is 5.69 Å². The van der Waals surface area contributed by atoms with Crippen molar-refractivity contribution >= 4 is 12.1 Å². The molecule has 8 nitrogen and oxygen atoms in total. The van der Waals surface area contributed by atoms with Crippen LogP contribution in [0.5, 0.6) is 17.2 Å². The summed E-state index contributed by atoms with van der Waals surface area (Å²) < 4.78 is 18.3. The Labute approximate surface area is 179 Å². The van der Waals surface area contributed by atoms with E-state index in [2.05, 4.69) is 15.1 Å². The van der Waals surface area contributed by atoms with Crippen LogP contribution in [0.1, 0.15) is 22.5 Å². The van der Waals surface area contributed by atoms with Gasteiger partial charge >= 0.3 is 0 Å². The number of hydrogen-bond acceptors (Lipinski definition) is 6. The summed E-state index contributed by atoms with van der Waals surface area (Å²) in [6.45, 7) is 3.95. The lowest BCUT2D eigenvalue weighted by molar-refractivity contribution is -0.123. The van der Waals surface area contributed by atoms with Gasteiger partial charge < -0.3 is 18.8 Å². The minimum atomic E-state index is -0.423. The zero-order valence-corrected chi connectivity index (χ0v) is 17.1. The number of carbonyl (C=O) groups excluding carboxylic acids is 1. The molecule has 1 N–H and O–H groups in total. The fourth-order valence-corrected chi connectivity index (χ4v) is 3.37. The molecule has 31 heavy (non-hydrogen) atoms. The first-order chi connectivity index (χ1) is 15.1. The van der Waals surface area contributed by atoms with Gasteiger partial charge in [0.15, 0.2) is 18.1 Å². The van der Waals surface area contributed by atoms with Crippen LogP contribution in [0, 0.1) is 25.2 Å².